The number of rotatable bonds is 7. The van der Waals surface area contributed by atoms with Crippen LogP contribution in [0.25, 0.3) is 0 Å². The molecule has 21 heavy (non-hydrogen) atoms. The Labute approximate surface area is 130 Å². The summed E-state index contributed by atoms with van der Waals surface area (Å²) in [5.41, 5.74) is 1.29. The minimum Gasteiger partial charge on any atom is -0.493 e. The van der Waals surface area contributed by atoms with E-state index in [1.807, 2.05) is 0 Å². The molecule has 2 rings (SSSR count). The van der Waals surface area contributed by atoms with Gasteiger partial charge in [-0.1, -0.05) is 51.8 Å². The standard InChI is InChI=1S/C19H31NO/c1-15(2)11-12-21-19-10-5-4-8-17(19)14-20-18-9-6-7-16(3)13-18/h4-5,8,10,15-16,18,20H,6-7,9,11-14H2,1-3H3. The fraction of sp³-hybridized carbons (Fsp3) is 0.684. The van der Waals surface area contributed by atoms with Crippen LogP contribution in [-0.4, -0.2) is 12.6 Å². The monoisotopic (exact) mass is 289 g/mol. The maximum atomic E-state index is 5.97. The highest BCUT2D eigenvalue weighted by atomic mass is 16.5. The Morgan fingerprint density at radius 1 is 1.24 bits per heavy atom. The van der Waals surface area contributed by atoms with Crippen LogP contribution >= 0.6 is 0 Å². The van der Waals surface area contributed by atoms with Gasteiger partial charge in [0, 0.05) is 18.2 Å². The number of benzene rings is 1. The lowest BCUT2D eigenvalue weighted by molar-refractivity contribution is 0.280. The van der Waals surface area contributed by atoms with Crippen LogP contribution in [0.4, 0.5) is 0 Å². The van der Waals surface area contributed by atoms with Gasteiger partial charge in [0.1, 0.15) is 5.75 Å². The topological polar surface area (TPSA) is 21.3 Å². The molecule has 0 bridgehead atoms. The predicted molar refractivity (Wildman–Crippen MR) is 89.7 cm³/mol. The average molecular weight is 289 g/mol. The molecule has 0 amide bonds. The number of hydrogen-bond acceptors (Lipinski definition) is 2. The summed E-state index contributed by atoms with van der Waals surface area (Å²) in [5, 5.41) is 3.73. The number of para-hydroxylation sites is 1. The van der Waals surface area contributed by atoms with Crippen LogP contribution in [-0.2, 0) is 6.54 Å². The Morgan fingerprint density at radius 2 is 2.05 bits per heavy atom. The van der Waals surface area contributed by atoms with E-state index in [1.165, 1.54) is 31.2 Å². The summed E-state index contributed by atoms with van der Waals surface area (Å²) >= 11 is 0. The van der Waals surface area contributed by atoms with E-state index in [2.05, 4.69) is 50.4 Å². The molecular formula is C19H31NO. The highest BCUT2D eigenvalue weighted by Crippen LogP contribution is 2.25. The third kappa shape index (κ3) is 5.70. The molecule has 1 aliphatic carbocycles. The van der Waals surface area contributed by atoms with Crippen molar-refractivity contribution in [1.82, 2.24) is 5.32 Å². The van der Waals surface area contributed by atoms with Gasteiger partial charge in [-0.05, 0) is 37.2 Å². The molecule has 0 aromatic heterocycles. The van der Waals surface area contributed by atoms with Crippen molar-refractivity contribution in [2.45, 2.75) is 65.5 Å². The average Bonchev–Trinajstić information content (AvgIpc) is 2.46. The molecule has 1 fully saturated rings. The van der Waals surface area contributed by atoms with Gasteiger partial charge in [0.05, 0.1) is 6.61 Å². The summed E-state index contributed by atoms with van der Waals surface area (Å²) in [5.74, 6) is 2.61. The van der Waals surface area contributed by atoms with Gasteiger partial charge in [-0.3, -0.25) is 0 Å². The van der Waals surface area contributed by atoms with Crippen molar-refractivity contribution in [3.05, 3.63) is 29.8 Å². The zero-order chi connectivity index (χ0) is 15.1. The van der Waals surface area contributed by atoms with Gasteiger partial charge >= 0.3 is 0 Å². The van der Waals surface area contributed by atoms with E-state index < -0.39 is 0 Å². The molecule has 1 saturated carbocycles. The van der Waals surface area contributed by atoms with Crippen LogP contribution < -0.4 is 10.1 Å². The molecule has 1 aromatic rings. The predicted octanol–water partition coefficient (Wildman–Crippen LogP) is 4.78. The molecule has 2 heteroatoms. The van der Waals surface area contributed by atoms with Crippen LogP contribution in [0.1, 0.15) is 58.4 Å². The van der Waals surface area contributed by atoms with E-state index >= 15 is 0 Å². The van der Waals surface area contributed by atoms with Crippen molar-refractivity contribution in [3.8, 4) is 5.75 Å². The molecule has 0 aliphatic heterocycles. The van der Waals surface area contributed by atoms with Gasteiger partial charge in [0.25, 0.3) is 0 Å². The first-order valence-corrected chi connectivity index (χ1v) is 8.59. The lowest BCUT2D eigenvalue weighted by Crippen LogP contribution is -2.33. The molecule has 1 N–H and O–H groups in total. The van der Waals surface area contributed by atoms with Crippen molar-refractivity contribution >= 4 is 0 Å². The molecule has 2 nitrogen and oxygen atoms in total. The number of nitrogens with one attached hydrogen (secondary N) is 1. The van der Waals surface area contributed by atoms with Crippen LogP contribution in [0.5, 0.6) is 5.75 Å². The molecule has 0 spiro atoms. The van der Waals surface area contributed by atoms with Gasteiger partial charge in [0.2, 0.25) is 0 Å². The van der Waals surface area contributed by atoms with E-state index in [4.69, 9.17) is 4.74 Å². The zero-order valence-corrected chi connectivity index (χ0v) is 13.9. The molecular weight excluding hydrogens is 258 g/mol. The van der Waals surface area contributed by atoms with E-state index in [1.54, 1.807) is 0 Å². The maximum Gasteiger partial charge on any atom is 0.123 e. The number of ether oxygens (including phenoxy) is 1. The summed E-state index contributed by atoms with van der Waals surface area (Å²) in [7, 11) is 0. The van der Waals surface area contributed by atoms with Gasteiger partial charge < -0.3 is 10.1 Å². The third-order valence-electron chi connectivity index (χ3n) is 4.44. The Morgan fingerprint density at radius 3 is 2.81 bits per heavy atom. The van der Waals surface area contributed by atoms with Gasteiger partial charge in [0.15, 0.2) is 0 Å². The Hall–Kier alpha value is -1.02. The van der Waals surface area contributed by atoms with Crippen molar-refractivity contribution in [1.29, 1.82) is 0 Å². The normalized spacial score (nSPS) is 22.5. The smallest absolute Gasteiger partial charge is 0.123 e. The fourth-order valence-corrected chi connectivity index (χ4v) is 3.07. The van der Waals surface area contributed by atoms with Gasteiger partial charge in [-0.2, -0.15) is 0 Å². The molecule has 0 heterocycles. The van der Waals surface area contributed by atoms with E-state index in [0.717, 1.165) is 31.2 Å². The molecule has 2 atom stereocenters. The largest absolute Gasteiger partial charge is 0.493 e. The highest BCUT2D eigenvalue weighted by Gasteiger charge is 2.18. The highest BCUT2D eigenvalue weighted by molar-refractivity contribution is 5.33. The van der Waals surface area contributed by atoms with Crippen molar-refractivity contribution in [3.63, 3.8) is 0 Å². The maximum absolute atomic E-state index is 5.97. The second-order valence-electron chi connectivity index (χ2n) is 6.99. The minimum atomic E-state index is 0.678. The molecule has 1 aliphatic rings. The molecule has 1 aromatic carbocycles. The van der Waals surface area contributed by atoms with Crippen LogP contribution in [0.2, 0.25) is 0 Å². The number of hydrogen-bond donors (Lipinski definition) is 1. The lowest BCUT2D eigenvalue weighted by atomic mass is 9.87. The van der Waals surface area contributed by atoms with Crippen molar-refractivity contribution in [2.75, 3.05) is 6.61 Å². The third-order valence-corrected chi connectivity index (χ3v) is 4.44. The summed E-state index contributed by atoms with van der Waals surface area (Å²) in [6.45, 7) is 8.59. The molecule has 0 radical (unpaired) electrons. The first-order valence-electron chi connectivity index (χ1n) is 8.59. The van der Waals surface area contributed by atoms with Gasteiger partial charge in [-0.25, -0.2) is 0 Å². The van der Waals surface area contributed by atoms with E-state index in [9.17, 15) is 0 Å². The first-order chi connectivity index (χ1) is 10.1. The molecule has 2 unspecified atom stereocenters. The zero-order valence-electron chi connectivity index (χ0n) is 13.9. The van der Waals surface area contributed by atoms with Crippen LogP contribution in [0.15, 0.2) is 24.3 Å². The quantitative estimate of drug-likeness (QED) is 0.780. The molecule has 118 valence electrons. The Bertz CT molecular complexity index is 416. The Kier molecular flexibility index (Phi) is 6.56. The second kappa shape index (κ2) is 8.43. The lowest BCUT2D eigenvalue weighted by Gasteiger charge is -2.28. The fourth-order valence-electron chi connectivity index (χ4n) is 3.07. The first kappa shape index (κ1) is 16.4. The van der Waals surface area contributed by atoms with Crippen LogP contribution in [0, 0.1) is 11.8 Å². The summed E-state index contributed by atoms with van der Waals surface area (Å²) in [6.07, 6.45) is 6.51. The summed E-state index contributed by atoms with van der Waals surface area (Å²) in [6, 6.07) is 9.13. The summed E-state index contributed by atoms with van der Waals surface area (Å²) < 4.78 is 5.97. The Balaban J connectivity index is 1.84. The van der Waals surface area contributed by atoms with Crippen LogP contribution in [0.3, 0.4) is 0 Å². The van der Waals surface area contributed by atoms with E-state index in [-0.39, 0.29) is 0 Å². The van der Waals surface area contributed by atoms with E-state index in [0.29, 0.717) is 12.0 Å². The minimum absolute atomic E-state index is 0.678. The van der Waals surface area contributed by atoms with Crippen molar-refractivity contribution < 1.29 is 4.74 Å². The second-order valence-corrected chi connectivity index (χ2v) is 6.99. The SMILES string of the molecule is CC(C)CCOc1ccccc1CNC1CCCC(C)C1. The molecule has 0 saturated heterocycles. The summed E-state index contributed by atoms with van der Waals surface area (Å²) in [4.78, 5) is 0. The van der Waals surface area contributed by atoms with Crippen molar-refractivity contribution in [2.24, 2.45) is 11.8 Å². The van der Waals surface area contributed by atoms with Gasteiger partial charge in [-0.15, -0.1) is 0 Å².